The van der Waals surface area contributed by atoms with Crippen molar-refractivity contribution >= 4 is 5.91 Å². The fraction of sp³-hybridized carbons (Fsp3) is 0.381. The fourth-order valence-corrected chi connectivity index (χ4v) is 3.89. The van der Waals surface area contributed by atoms with Gasteiger partial charge >= 0.3 is 0 Å². The zero-order valence-corrected chi connectivity index (χ0v) is 15.8. The lowest BCUT2D eigenvalue weighted by molar-refractivity contribution is 0.0701. The Bertz CT molecular complexity index is 929. The number of hydrogen-bond acceptors (Lipinski definition) is 4. The van der Waals surface area contributed by atoms with Gasteiger partial charge in [0, 0.05) is 43.8 Å². The van der Waals surface area contributed by atoms with Gasteiger partial charge in [0.1, 0.15) is 17.3 Å². The van der Waals surface area contributed by atoms with Gasteiger partial charge < -0.3 is 13.9 Å². The van der Waals surface area contributed by atoms with Gasteiger partial charge in [0.05, 0.1) is 12.1 Å². The summed E-state index contributed by atoms with van der Waals surface area (Å²) >= 11 is 0. The van der Waals surface area contributed by atoms with Crippen LogP contribution in [-0.2, 0) is 6.54 Å². The maximum Gasteiger partial charge on any atom is 0.257 e. The number of rotatable bonds is 4. The third-order valence-corrected chi connectivity index (χ3v) is 5.17. The van der Waals surface area contributed by atoms with Crippen molar-refractivity contribution in [2.75, 3.05) is 13.1 Å². The van der Waals surface area contributed by atoms with Gasteiger partial charge in [0.2, 0.25) is 0 Å². The monoisotopic (exact) mass is 364 g/mol. The average Bonchev–Trinajstić information content (AvgIpc) is 3.28. The van der Waals surface area contributed by atoms with Crippen LogP contribution in [0.1, 0.15) is 52.0 Å². The van der Waals surface area contributed by atoms with Gasteiger partial charge in [-0.3, -0.25) is 9.78 Å². The van der Waals surface area contributed by atoms with Gasteiger partial charge in [0.15, 0.2) is 0 Å². The molecule has 0 aromatic carbocycles. The first-order chi connectivity index (χ1) is 13.1. The van der Waals surface area contributed by atoms with E-state index in [1.54, 1.807) is 6.20 Å². The van der Waals surface area contributed by atoms with Crippen LogP contribution in [0.3, 0.4) is 0 Å². The summed E-state index contributed by atoms with van der Waals surface area (Å²) in [6, 6.07) is 5.85. The van der Waals surface area contributed by atoms with E-state index >= 15 is 0 Å². The van der Waals surface area contributed by atoms with Crippen LogP contribution in [0, 0.1) is 13.8 Å². The molecule has 3 aromatic rings. The summed E-state index contributed by atoms with van der Waals surface area (Å²) < 4.78 is 7.71. The molecular formula is C21H24N4O2. The fourth-order valence-electron chi connectivity index (χ4n) is 3.89. The van der Waals surface area contributed by atoms with Crippen molar-refractivity contribution in [3.8, 4) is 0 Å². The van der Waals surface area contributed by atoms with Crippen LogP contribution in [0.4, 0.5) is 0 Å². The predicted octanol–water partition coefficient (Wildman–Crippen LogP) is 3.56. The number of pyridine rings is 1. The molecule has 1 saturated heterocycles. The van der Waals surface area contributed by atoms with E-state index < -0.39 is 0 Å². The number of nitrogens with zero attached hydrogens (tertiary/aromatic N) is 4. The molecule has 6 nitrogen and oxygen atoms in total. The van der Waals surface area contributed by atoms with Crippen molar-refractivity contribution in [3.63, 3.8) is 0 Å². The van der Waals surface area contributed by atoms with Crippen LogP contribution in [0.5, 0.6) is 0 Å². The molecule has 0 saturated carbocycles. The molecule has 27 heavy (non-hydrogen) atoms. The zero-order valence-electron chi connectivity index (χ0n) is 15.8. The second-order valence-corrected chi connectivity index (χ2v) is 7.19. The number of carbonyl (C=O) groups is 1. The van der Waals surface area contributed by atoms with E-state index in [4.69, 9.17) is 4.42 Å². The lowest BCUT2D eigenvalue weighted by Gasteiger charge is -2.32. The molecule has 140 valence electrons. The van der Waals surface area contributed by atoms with Crippen LogP contribution in [-0.4, -0.2) is 38.4 Å². The van der Waals surface area contributed by atoms with E-state index in [0.29, 0.717) is 17.9 Å². The SMILES string of the molecule is Cc1cc(C(=O)N2CCC[C@H](c3nccn3Cc3cccnc3)C2)c(C)o1. The Hall–Kier alpha value is -2.89. The maximum atomic E-state index is 13.0. The first-order valence-electron chi connectivity index (χ1n) is 9.38. The molecule has 0 N–H and O–H groups in total. The highest BCUT2D eigenvalue weighted by atomic mass is 16.3. The molecule has 1 fully saturated rings. The number of imidazole rings is 1. The lowest BCUT2D eigenvalue weighted by Crippen LogP contribution is -2.39. The predicted molar refractivity (Wildman–Crippen MR) is 102 cm³/mol. The summed E-state index contributed by atoms with van der Waals surface area (Å²) in [7, 11) is 0. The second-order valence-electron chi connectivity index (χ2n) is 7.19. The Balaban J connectivity index is 1.51. The van der Waals surface area contributed by atoms with Gasteiger partial charge in [-0.2, -0.15) is 0 Å². The number of piperidine rings is 1. The molecule has 0 unspecified atom stereocenters. The highest BCUT2D eigenvalue weighted by Gasteiger charge is 2.29. The number of aromatic nitrogens is 3. The van der Waals surface area contributed by atoms with Crippen molar-refractivity contribution < 1.29 is 9.21 Å². The summed E-state index contributed by atoms with van der Waals surface area (Å²) in [4.78, 5) is 23.7. The van der Waals surface area contributed by atoms with Crippen LogP contribution in [0.15, 0.2) is 47.4 Å². The molecule has 6 heteroatoms. The van der Waals surface area contributed by atoms with E-state index in [2.05, 4.69) is 20.6 Å². The second kappa shape index (κ2) is 7.39. The normalized spacial score (nSPS) is 17.3. The largest absolute Gasteiger partial charge is 0.466 e. The number of furan rings is 1. The molecule has 1 amide bonds. The third kappa shape index (κ3) is 3.65. The Kier molecular flexibility index (Phi) is 4.79. The van der Waals surface area contributed by atoms with Crippen molar-refractivity contribution in [2.45, 2.75) is 39.2 Å². The standard InChI is InChI=1S/C21H24N4O2/c1-15-11-19(16(2)27-15)21(26)25-9-4-6-18(14-25)20-23-8-10-24(20)13-17-5-3-7-22-12-17/h3,5,7-8,10-12,18H,4,6,9,13-14H2,1-2H3/t18-/m0/s1. The first-order valence-corrected chi connectivity index (χ1v) is 9.38. The summed E-state index contributed by atoms with van der Waals surface area (Å²) in [5.74, 6) is 2.80. The third-order valence-electron chi connectivity index (χ3n) is 5.17. The van der Waals surface area contributed by atoms with Gasteiger partial charge in [0.25, 0.3) is 5.91 Å². The molecular weight excluding hydrogens is 340 g/mol. The minimum atomic E-state index is 0.0550. The highest BCUT2D eigenvalue weighted by Crippen LogP contribution is 2.28. The molecule has 0 spiro atoms. The van der Waals surface area contributed by atoms with E-state index in [1.807, 2.05) is 49.5 Å². The molecule has 3 aromatic heterocycles. The van der Waals surface area contributed by atoms with Gasteiger partial charge in [-0.1, -0.05) is 6.07 Å². The maximum absolute atomic E-state index is 13.0. The van der Waals surface area contributed by atoms with Crippen molar-refractivity contribution in [3.05, 3.63) is 71.5 Å². The zero-order chi connectivity index (χ0) is 18.8. The van der Waals surface area contributed by atoms with E-state index in [1.165, 1.54) is 0 Å². The summed E-state index contributed by atoms with van der Waals surface area (Å²) in [5.41, 5.74) is 1.82. The number of aryl methyl sites for hydroxylation is 2. The Labute approximate surface area is 158 Å². The first kappa shape index (κ1) is 17.5. The molecule has 0 bridgehead atoms. The number of hydrogen-bond donors (Lipinski definition) is 0. The van der Waals surface area contributed by atoms with Crippen LogP contribution >= 0.6 is 0 Å². The Morgan fingerprint density at radius 2 is 2.22 bits per heavy atom. The minimum Gasteiger partial charge on any atom is -0.466 e. The summed E-state index contributed by atoms with van der Waals surface area (Å²) in [6.07, 6.45) is 9.53. The molecule has 1 aliphatic rings. The molecule has 1 atom stereocenters. The quantitative estimate of drug-likeness (QED) is 0.710. The minimum absolute atomic E-state index is 0.0550. The van der Waals surface area contributed by atoms with Gasteiger partial charge in [-0.25, -0.2) is 4.98 Å². The van der Waals surface area contributed by atoms with Gasteiger partial charge in [-0.15, -0.1) is 0 Å². The number of likely N-dealkylation sites (tertiary alicyclic amines) is 1. The van der Waals surface area contributed by atoms with Crippen molar-refractivity contribution in [1.82, 2.24) is 19.4 Å². The van der Waals surface area contributed by atoms with Gasteiger partial charge in [-0.05, 0) is 44.4 Å². The number of amides is 1. The van der Waals surface area contributed by atoms with Crippen LogP contribution < -0.4 is 0 Å². The smallest absolute Gasteiger partial charge is 0.257 e. The van der Waals surface area contributed by atoms with E-state index in [-0.39, 0.29) is 11.8 Å². The van der Waals surface area contributed by atoms with Crippen molar-refractivity contribution in [2.24, 2.45) is 0 Å². The molecule has 4 heterocycles. The summed E-state index contributed by atoms with van der Waals surface area (Å²) in [5, 5.41) is 0. The van der Waals surface area contributed by atoms with Crippen LogP contribution in [0.25, 0.3) is 0 Å². The van der Waals surface area contributed by atoms with E-state index in [9.17, 15) is 4.79 Å². The van der Waals surface area contributed by atoms with Crippen LogP contribution in [0.2, 0.25) is 0 Å². The topological polar surface area (TPSA) is 64.2 Å². The van der Waals surface area contributed by atoms with E-state index in [0.717, 1.165) is 43.1 Å². The van der Waals surface area contributed by atoms with Crippen molar-refractivity contribution in [1.29, 1.82) is 0 Å². The highest BCUT2D eigenvalue weighted by molar-refractivity contribution is 5.95. The Morgan fingerprint density at radius 3 is 2.96 bits per heavy atom. The average molecular weight is 364 g/mol. The molecule has 0 aliphatic carbocycles. The summed E-state index contributed by atoms with van der Waals surface area (Å²) in [6.45, 7) is 5.93. The molecule has 1 aliphatic heterocycles. The number of carbonyl (C=O) groups excluding carboxylic acids is 1. The molecule has 4 rings (SSSR count). The molecule has 0 radical (unpaired) electrons. The Morgan fingerprint density at radius 1 is 1.33 bits per heavy atom. The lowest BCUT2D eigenvalue weighted by atomic mass is 9.96.